The van der Waals surface area contributed by atoms with E-state index in [0.29, 0.717) is 22.6 Å². The zero-order valence-corrected chi connectivity index (χ0v) is 17.7. The van der Waals surface area contributed by atoms with Crippen LogP contribution in [-0.4, -0.2) is 53.5 Å². The molecule has 136 valence electrons. The fraction of sp³-hybridized carbons (Fsp3) is 0.100. The molecule has 0 saturated carbocycles. The van der Waals surface area contributed by atoms with Crippen LogP contribution in [0.25, 0.3) is 22.3 Å². The Kier molecular flexibility index (Phi) is 5.69. The van der Waals surface area contributed by atoms with Crippen molar-refractivity contribution >= 4 is 66.5 Å². The molecule has 0 N–H and O–H groups in total. The Hall–Kier alpha value is -2.49. The van der Waals surface area contributed by atoms with Crippen molar-refractivity contribution in [3.63, 3.8) is 0 Å². The maximum absolute atomic E-state index is 15.2. The van der Waals surface area contributed by atoms with E-state index in [1.807, 2.05) is 24.3 Å². The molecule has 0 unspecified atom stereocenters. The van der Waals surface area contributed by atoms with Crippen molar-refractivity contribution in [2.75, 3.05) is 14.2 Å². The lowest BCUT2D eigenvalue weighted by Gasteiger charge is -2.23. The highest BCUT2D eigenvalue weighted by Crippen LogP contribution is 2.39. The van der Waals surface area contributed by atoms with E-state index in [1.165, 1.54) is 33.4 Å². The molecule has 2 nitrogen and oxygen atoms in total. The van der Waals surface area contributed by atoms with Gasteiger partial charge < -0.3 is 9.47 Å². The number of methoxy groups -OCH3 is 2. The Morgan fingerprint density at radius 2 is 1.29 bits per heavy atom. The summed E-state index contributed by atoms with van der Waals surface area (Å²) < 4.78 is 26.2. The van der Waals surface area contributed by atoms with Gasteiger partial charge in [-0.2, -0.15) is 0 Å². The van der Waals surface area contributed by atoms with Gasteiger partial charge in [-0.3, -0.25) is 0 Å². The molecular formula is C20H22B5FO2. The standard InChI is InChI=1S/C20H22B5FO2/c1-27-9-6-7-13(28-2)11(8-9)14-10(4-3-5-12(14)26)15-16(21)18(23)20(25)19(24)17(15)22/h3-8H,21-25H2,1-2H3. The minimum Gasteiger partial charge on any atom is -0.497 e. The minimum atomic E-state index is -0.279. The molecule has 0 spiro atoms. The molecule has 0 bridgehead atoms. The maximum Gasteiger partial charge on any atom is 0.139 e. The molecule has 0 aliphatic carbocycles. The van der Waals surface area contributed by atoms with Crippen molar-refractivity contribution in [2.45, 2.75) is 0 Å². The molecule has 0 heterocycles. The third-order valence-electron chi connectivity index (χ3n) is 5.96. The molecule has 0 aromatic heterocycles. The third-order valence-corrected chi connectivity index (χ3v) is 5.96. The molecule has 0 atom stereocenters. The first-order valence-electron chi connectivity index (χ1n) is 9.40. The quantitative estimate of drug-likeness (QED) is 0.445. The number of hydrogen-bond donors (Lipinski definition) is 0. The van der Waals surface area contributed by atoms with Gasteiger partial charge in [-0.05, 0) is 35.4 Å². The molecule has 0 fully saturated rings. The molecule has 0 amide bonds. The second-order valence-electron chi connectivity index (χ2n) is 7.23. The van der Waals surface area contributed by atoms with Gasteiger partial charge in [0.2, 0.25) is 0 Å². The van der Waals surface area contributed by atoms with Crippen LogP contribution in [0.15, 0.2) is 36.4 Å². The SMILES string of the molecule is Bc1c(B)c(B)c(-c2cccc(F)c2-c2cc(OC)ccc2OC)c(B)c1B. The lowest BCUT2D eigenvalue weighted by molar-refractivity contribution is 0.404. The largest absolute Gasteiger partial charge is 0.497 e. The van der Waals surface area contributed by atoms with Crippen LogP contribution >= 0.6 is 0 Å². The van der Waals surface area contributed by atoms with Gasteiger partial charge in [-0.15, -0.1) is 16.4 Å². The number of rotatable bonds is 4. The summed E-state index contributed by atoms with van der Waals surface area (Å²) in [5.74, 6) is 0.997. The van der Waals surface area contributed by atoms with Crippen LogP contribution in [0, 0.1) is 5.82 Å². The summed E-state index contributed by atoms with van der Waals surface area (Å²) in [5, 5.41) is 0. The highest BCUT2D eigenvalue weighted by Gasteiger charge is 2.21. The molecule has 0 aliphatic rings. The van der Waals surface area contributed by atoms with E-state index >= 15 is 4.39 Å². The Balaban J connectivity index is 2.43. The van der Waals surface area contributed by atoms with E-state index < -0.39 is 0 Å². The number of halogens is 1. The summed E-state index contributed by atoms with van der Waals surface area (Å²) in [6, 6.07) is 10.7. The van der Waals surface area contributed by atoms with Gasteiger partial charge in [0.25, 0.3) is 0 Å². The summed E-state index contributed by atoms with van der Waals surface area (Å²) in [7, 11) is 13.8. The van der Waals surface area contributed by atoms with E-state index in [9.17, 15) is 0 Å². The lowest BCUT2D eigenvalue weighted by atomic mass is 9.59. The molecule has 8 heteroatoms. The molecule has 28 heavy (non-hydrogen) atoms. The van der Waals surface area contributed by atoms with Crippen LogP contribution in [0.4, 0.5) is 4.39 Å². The van der Waals surface area contributed by atoms with Crippen molar-refractivity contribution < 1.29 is 13.9 Å². The van der Waals surface area contributed by atoms with Crippen LogP contribution in [0.5, 0.6) is 11.5 Å². The summed E-state index contributed by atoms with van der Waals surface area (Å²) >= 11 is 0. The highest BCUT2D eigenvalue weighted by atomic mass is 19.1. The first-order chi connectivity index (χ1) is 13.3. The Labute approximate surface area is 170 Å². The molecule has 0 radical (unpaired) electrons. The molecule has 3 rings (SSSR count). The van der Waals surface area contributed by atoms with Crippen LogP contribution in [0.1, 0.15) is 0 Å². The van der Waals surface area contributed by atoms with Crippen LogP contribution in [-0.2, 0) is 0 Å². The zero-order chi connectivity index (χ0) is 20.6. The number of benzene rings is 3. The van der Waals surface area contributed by atoms with Gasteiger partial charge in [-0.25, -0.2) is 4.39 Å². The highest BCUT2D eigenvalue weighted by molar-refractivity contribution is 6.68. The fourth-order valence-corrected chi connectivity index (χ4v) is 3.92. The minimum absolute atomic E-state index is 0.279. The smallest absolute Gasteiger partial charge is 0.139 e. The van der Waals surface area contributed by atoms with E-state index in [1.54, 1.807) is 20.3 Å². The first-order valence-corrected chi connectivity index (χ1v) is 9.40. The van der Waals surface area contributed by atoms with E-state index in [4.69, 9.17) is 9.47 Å². The molecule has 3 aromatic carbocycles. The monoisotopic (exact) mass is 368 g/mol. The van der Waals surface area contributed by atoms with Crippen LogP contribution < -0.4 is 36.8 Å². The topological polar surface area (TPSA) is 18.5 Å². The first kappa shape index (κ1) is 20.3. The Morgan fingerprint density at radius 1 is 0.679 bits per heavy atom. The molecular weight excluding hydrogens is 345 g/mol. The van der Waals surface area contributed by atoms with Gasteiger partial charge >= 0.3 is 0 Å². The van der Waals surface area contributed by atoms with Crippen LogP contribution in [0.2, 0.25) is 0 Å². The van der Waals surface area contributed by atoms with E-state index in [0.717, 1.165) is 11.1 Å². The van der Waals surface area contributed by atoms with Crippen molar-refractivity contribution in [3.05, 3.63) is 42.2 Å². The zero-order valence-electron chi connectivity index (χ0n) is 17.7. The number of ether oxygens (including phenoxy) is 2. The van der Waals surface area contributed by atoms with E-state index in [-0.39, 0.29) is 5.82 Å². The normalized spacial score (nSPS) is 10.7. The molecule has 0 saturated heterocycles. The van der Waals surface area contributed by atoms with Gasteiger partial charge in [0, 0.05) is 11.1 Å². The Bertz CT molecular complexity index is 1040. The second kappa shape index (κ2) is 7.87. The van der Waals surface area contributed by atoms with Gasteiger partial charge in [0.1, 0.15) is 56.5 Å². The predicted molar refractivity (Wildman–Crippen MR) is 131 cm³/mol. The summed E-state index contributed by atoms with van der Waals surface area (Å²) in [6.45, 7) is 0. The van der Waals surface area contributed by atoms with Crippen molar-refractivity contribution in [1.29, 1.82) is 0 Å². The molecule has 0 aliphatic heterocycles. The van der Waals surface area contributed by atoms with Gasteiger partial charge in [0.05, 0.1) is 14.2 Å². The average molecular weight is 367 g/mol. The second-order valence-corrected chi connectivity index (χ2v) is 7.23. The Morgan fingerprint density at radius 3 is 1.86 bits per heavy atom. The summed E-state index contributed by atoms with van der Waals surface area (Å²) in [6.07, 6.45) is 0. The average Bonchev–Trinajstić information content (AvgIpc) is 2.70. The van der Waals surface area contributed by atoms with Gasteiger partial charge in [-0.1, -0.05) is 23.1 Å². The predicted octanol–water partition coefficient (Wildman–Crippen LogP) is -3.53. The number of hydrogen-bond acceptors (Lipinski definition) is 2. The lowest BCUT2D eigenvalue weighted by Crippen LogP contribution is -2.55. The van der Waals surface area contributed by atoms with Crippen LogP contribution in [0.3, 0.4) is 0 Å². The van der Waals surface area contributed by atoms with Crippen molar-refractivity contribution in [3.8, 4) is 33.8 Å². The van der Waals surface area contributed by atoms with Gasteiger partial charge in [0.15, 0.2) is 0 Å². The summed E-state index contributed by atoms with van der Waals surface area (Å²) in [5.41, 5.74) is 9.29. The molecule has 3 aromatic rings. The van der Waals surface area contributed by atoms with Crippen molar-refractivity contribution in [2.24, 2.45) is 0 Å². The maximum atomic E-state index is 15.2. The third kappa shape index (κ3) is 3.25. The summed E-state index contributed by atoms with van der Waals surface area (Å²) in [4.78, 5) is 0. The van der Waals surface area contributed by atoms with Crippen molar-refractivity contribution in [1.82, 2.24) is 0 Å². The van der Waals surface area contributed by atoms with E-state index in [2.05, 4.69) is 39.2 Å². The fourth-order valence-electron chi connectivity index (χ4n) is 3.92.